The van der Waals surface area contributed by atoms with Crippen LogP contribution in [0.25, 0.3) is 0 Å². The van der Waals surface area contributed by atoms with E-state index in [4.69, 9.17) is 11.6 Å². The minimum Gasteiger partial charge on any atom is -0.288 e. The van der Waals surface area contributed by atoms with E-state index in [1.165, 1.54) is 0 Å². The van der Waals surface area contributed by atoms with E-state index < -0.39 is 0 Å². The van der Waals surface area contributed by atoms with Crippen LogP contribution < -0.4 is 10.4 Å². The van der Waals surface area contributed by atoms with E-state index in [1.54, 1.807) is 36.3 Å². The lowest BCUT2D eigenvalue weighted by Crippen LogP contribution is -2.39. The first-order valence-corrected chi connectivity index (χ1v) is 5.90. The number of halogens is 1. The van der Waals surface area contributed by atoms with Crippen molar-refractivity contribution >= 4 is 23.2 Å². The molecule has 0 aliphatic rings. The molecule has 3 nitrogen and oxygen atoms in total. The predicted molar refractivity (Wildman–Crippen MR) is 73.8 cm³/mol. The Balaban J connectivity index is 2.08. The quantitative estimate of drug-likeness (QED) is 0.860. The van der Waals surface area contributed by atoms with Gasteiger partial charge in [-0.2, -0.15) is 0 Å². The summed E-state index contributed by atoms with van der Waals surface area (Å²) in [5, 5.41) is 2.22. The number of nitrogens with one attached hydrogen (secondary N) is 1. The zero-order chi connectivity index (χ0) is 13.0. The summed E-state index contributed by atoms with van der Waals surface area (Å²) in [5.74, 6) is -0.191. The molecule has 0 aliphatic carbocycles. The van der Waals surface area contributed by atoms with Gasteiger partial charge in [-0.1, -0.05) is 35.9 Å². The number of amides is 1. The molecule has 0 fully saturated rings. The monoisotopic (exact) mass is 260 g/mol. The first-order chi connectivity index (χ1) is 8.66. The van der Waals surface area contributed by atoms with Crippen molar-refractivity contribution in [3.8, 4) is 0 Å². The van der Waals surface area contributed by atoms with Gasteiger partial charge in [0, 0.05) is 17.6 Å². The highest BCUT2D eigenvalue weighted by atomic mass is 35.5. The second-order valence-corrected chi connectivity index (χ2v) is 4.28. The van der Waals surface area contributed by atoms with E-state index in [0.717, 1.165) is 5.69 Å². The molecule has 0 saturated carbocycles. The van der Waals surface area contributed by atoms with Crippen LogP contribution in [0.1, 0.15) is 10.4 Å². The number of carbonyl (C=O) groups excluding carboxylic acids is 1. The SMILES string of the molecule is CN(NC(=O)c1cccc(Cl)c1)c1ccccc1. The number of carbonyl (C=O) groups is 1. The molecular formula is C14H13ClN2O. The molecule has 2 aromatic rings. The Morgan fingerprint density at radius 1 is 1.11 bits per heavy atom. The Hall–Kier alpha value is -2.00. The number of benzene rings is 2. The van der Waals surface area contributed by atoms with Crippen LogP contribution in [0.2, 0.25) is 5.02 Å². The van der Waals surface area contributed by atoms with Crippen LogP contribution in [-0.4, -0.2) is 13.0 Å². The number of hydrogen-bond acceptors (Lipinski definition) is 2. The fourth-order valence-corrected chi connectivity index (χ4v) is 1.75. The van der Waals surface area contributed by atoms with Gasteiger partial charge >= 0.3 is 0 Å². The van der Waals surface area contributed by atoms with Gasteiger partial charge in [-0.15, -0.1) is 0 Å². The van der Waals surface area contributed by atoms with Crippen molar-refractivity contribution in [3.05, 3.63) is 65.2 Å². The fourth-order valence-electron chi connectivity index (χ4n) is 1.56. The standard InChI is InChI=1S/C14H13ClN2O/c1-17(13-8-3-2-4-9-13)16-14(18)11-6-5-7-12(15)10-11/h2-10H,1H3,(H,16,18). The Labute approximate surface area is 111 Å². The normalized spacial score (nSPS) is 9.89. The third kappa shape index (κ3) is 3.02. The minimum atomic E-state index is -0.191. The maximum atomic E-state index is 12.0. The third-order valence-corrected chi connectivity index (χ3v) is 2.73. The van der Waals surface area contributed by atoms with Crippen LogP contribution in [0.15, 0.2) is 54.6 Å². The maximum absolute atomic E-state index is 12.0. The largest absolute Gasteiger partial charge is 0.288 e. The minimum absolute atomic E-state index is 0.191. The maximum Gasteiger partial charge on any atom is 0.269 e. The topological polar surface area (TPSA) is 32.3 Å². The fraction of sp³-hybridized carbons (Fsp3) is 0.0714. The summed E-state index contributed by atoms with van der Waals surface area (Å²) in [6.45, 7) is 0. The van der Waals surface area contributed by atoms with Crippen molar-refractivity contribution < 1.29 is 4.79 Å². The molecule has 0 aromatic heterocycles. The summed E-state index contributed by atoms with van der Waals surface area (Å²) >= 11 is 5.85. The molecule has 0 spiro atoms. The van der Waals surface area contributed by atoms with E-state index in [-0.39, 0.29) is 5.91 Å². The van der Waals surface area contributed by atoms with E-state index in [2.05, 4.69) is 5.43 Å². The molecule has 0 radical (unpaired) electrons. The van der Waals surface area contributed by atoms with Crippen LogP contribution in [0.4, 0.5) is 5.69 Å². The Morgan fingerprint density at radius 2 is 1.83 bits per heavy atom. The highest BCUT2D eigenvalue weighted by molar-refractivity contribution is 6.30. The van der Waals surface area contributed by atoms with Crippen molar-refractivity contribution in [2.75, 3.05) is 12.1 Å². The number of nitrogens with zero attached hydrogens (tertiary/aromatic N) is 1. The van der Waals surface area contributed by atoms with Gasteiger partial charge in [0.05, 0.1) is 5.69 Å². The number of rotatable bonds is 3. The van der Waals surface area contributed by atoms with Crippen molar-refractivity contribution in [2.24, 2.45) is 0 Å². The molecule has 2 aromatic carbocycles. The van der Waals surface area contributed by atoms with E-state index in [1.807, 2.05) is 30.3 Å². The van der Waals surface area contributed by atoms with Gasteiger partial charge in [0.15, 0.2) is 0 Å². The molecule has 0 unspecified atom stereocenters. The molecule has 0 atom stereocenters. The molecule has 0 bridgehead atoms. The molecule has 0 aliphatic heterocycles. The van der Waals surface area contributed by atoms with Crippen LogP contribution in [0.5, 0.6) is 0 Å². The molecule has 4 heteroatoms. The molecule has 0 heterocycles. The van der Waals surface area contributed by atoms with Crippen LogP contribution >= 0.6 is 11.6 Å². The lowest BCUT2D eigenvalue weighted by atomic mass is 10.2. The first-order valence-electron chi connectivity index (χ1n) is 5.52. The summed E-state index contributed by atoms with van der Waals surface area (Å²) < 4.78 is 0. The van der Waals surface area contributed by atoms with Gasteiger partial charge in [-0.25, -0.2) is 0 Å². The summed E-state index contributed by atoms with van der Waals surface area (Å²) in [5.41, 5.74) is 4.22. The van der Waals surface area contributed by atoms with Crippen LogP contribution in [0, 0.1) is 0 Å². The molecule has 92 valence electrons. The highest BCUT2D eigenvalue weighted by Gasteiger charge is 2.08. The van der Waals surface area contributed by atoms with Crippen molar-refractivity contribution in [2.45, 2.75) is 0 Å². The number of hydrogen-bond donors (Lipinski definition) is 1. The zero-order valence-corrected chi connectivity index (χ0v) is 10.7. The van der Waals surface area contributed by atoms with Gasteiger partial charge in [-0.3, -0.25) is 15.2 Å². The second kappa shape index (κ2) is 5.56. The molecule has 0 saturated heterocycles. The van der Waals surface area contributed by atoms with E-state index in [0.29, 0.717) is 10.6 Å². The van der Waals surface area contributed by atoms with E-state index in [9.17, 15) is 4.79 Å². The Kier molecular flexibility index (Phi) is 3.85. The molecular weight excluding hydrogens is 248 g/mol. The summed E-state index contributed by atoms with van der Waals surface area (Å²) in [6.07, 6.45) is 0. The first kappa shape index (κ1) is 12.5. The lowest BCUT2D eigenvalue weighted by Gasteiger charge is -2.20. The zero-order valence-electron chi connectivity index (χ0n) is 9.93. The van der Waals surface area contributed by atoms with Crippen molar-refractivity contribution in [3.63, 3.8) is 0 Å². The molecule has 1 amide bonds. The Bertz CT molecular complexity index is 543. The van der Waals surface area contributed by atoms with Gasteiger partial charge in [0.2, 0.25) is 0 Å². The summed E-state index contributed by atoms with van der Waals surface area (Å²) in [7, 11) is 1.79. The Morgan fingerprint density at radius 3 is 2.50 bits per heavy atom. The van der Waals surface area contributed by atoms with Gasteiger partial charge in [0.25, 0.3) is 5.91 Å². The number of hydrazine groups is 1. The van der Waals surface area contributed by atoms with Crippen molar-refractivity contribution in [1.29, 1.82) is 0 Å². The molecule has 1 N–H and O–H groups in total. The van der Waals surface area contributed by atoms with Crippen molar-refractivity contribution in [1.82, 2.24) is 5.43 Å². The van der Waals surface area contributed by atoms with Gasteiger partial charge in [0.1, 0.15) is 0 Å². The number of anilines is 1. The van der Waals surface area contributed by atoms with Gasteiger partial charge in [-0.05, 0) is 30.3 Å². The summed E-state index contributed by atoms with van der Waals surface area (Å²) in [4.78, 5) is 12.0. The summed E-state index contributed by atoms with van der Waals surface area (Å²) in [6, 6.07) is 16.4. The highest BCUT2D eigenvalue weighted by Crippen LogP contribution is 2.12. The molecule has 2 rings (SSSR count). The lowest BCUT2D eigenvalue weighted by molar-refractivity contribution is 0.0951. The predicted octanol–water partition coefficient (Wildman–Crippen LogP) is 3.12. The number of para-hydroxylation sites is 1. The van der Waals surface area contributed by atoms with Crippen LogP contribution in [-0.2, 0) is 0 Å². The van der Waals surface area contributed by atoms with Crippen LogP contribution in [0.3, 0.4) is 0 Å². The van der Waals surface area contributed by atoms with Gasteiger partial charge < -0.3 is 0 Å². The smallest absolute Gasteiger partial charge is 0.269 e. The average molecular weight is 261 g/mol. The third-order valence-electron chi connectivity index (χ3n) is 2.50. The average Bonchev–Trinajstić information content (AvgIpc) is 2.39. The van der Waals surface area contributed by atoms with E-state index >= 15 is 0 Å². The molecule has 18 heavy (non-hydrogen) atoms. The second-order valence-electron chi connectivity index (χ2n) is 3.85.